The molecule has 1 aromatic carbocycles. The lowest BCUT2D eigenvalue weighted by Gasteiger charge is -2.19. The van der Waals surface area contributed by atoms with Crippen LogP contribution in [0.1, 0.15) is 44.7 Å². The van der Waals surface area contributed by atoms with Gasteiger partial charge in [-0.3, -0.25) is 4.79 Å². The fourth-order valence-corrected chi connectivity index (χ4v) is 2.05. The number of esters is 1. The number of amides is 2. The normalized spacial score (nSPS) is 11.0. The van der Waals surface area contributed by atoms with Gasteiger partial charge in [0, 0.05) is 18.7 Å². The molecule has 1 rings (SSSR count). The van der Waals surface area contributed by atoms with Crippen LogP contribution in [0, 0.1) is 13.8 Å². The molecule has 0 heterocycles. The minimum Gasteiger partial charge on any atom is -0.460 e. The van der Waals surface area contributed by atoms with Crippen LogP contribution in [0.15, 0.2) is 18.2 Å². The van der Waals surface area contributed by atoms with Crippen molar-refractivity contribution < 1.29 is 14.3 Å². The molecule has 0 bridgehead atoms. The van der Waals surface area contributed by atoms with Gasteiger partial charge < -0.3 is 15.4 Å². The standard InChI is InChI=1S/C17H26N2O3/c1-12-9-13(2)11-14(10-12)19-16(21)18-8-6-7-15(20)22-17(3,4)5/h9-11H,6-8H2,1-5H3,(H2,18,19,21). The van der Waals surface area contributed by atoms with E-state index >= 15 is 0 Å². The lowest BCUT2D eigenvalue weighted by atomic mass is 10.1. The van der Waals surface area contributed by atoms with E-state index in [0.717, 1.165) is 16.8 Å². The molecule has 0 unspecified atom stereocenters. The monoisotopic (exact) mass is 306 g/mol. The van der Waals surface area contributed by atoms with Gasteiger partial charge in [0.25, 0.3) is 0 Å². The summed E-state index contributed by atoms with van der Waals surface area (Å²) in [4.78, 5) is 23.3. The molecule has 1 aromatic rings. The van der Waals surface area contributed by atoms with Crippen LogP contribution in [0.4, 0.5) is 10.5 Å². The Kier molecular flexibility index (Phi) is 6.40. The summed E-state index contributed by atoms with van der Waals surface area (Å²) in [6.45, 7) is 9.89. The summed E-state index contributed by atoms with van der Waals surface area (Å²) in [7, 11) is 0. The first-order valence-corrected chi connectivity index (χ1v) is 7.51. The molecule has 5 nitrogen and oxygen atoms in total. The molecular weight excluding hydrogens is 280 g/mol. The van der Waals surface area contributed by atoms with Crippen molar-refractivity contribution in [1.29, 1.82) is 0 Å². The van der Waals surface area contributed by atoms with Crippen LogP contribution in [-0.4, -0.2) is 24.1 Å². The maximum Gasteiger partial charge on any atom is 0.319 e. The number of urea groups is 1. The second-order valence-electron chi connectivity index (χ2n) is 6.45. The van der Waals surface area contributed by atoms with E-state index < -0.39 is 5.60 Å². The van der Waals surface area contributed by atoms with Crippen LogP contribution < -0.4 is 10.6 Å². The summed E-state index contributed by atoms with van der Waals surface area (Å²) >= 11 is 0. The first-order valence-electron chi connectivity index (χ1n) is 7.51. The van der Waals surface area contributed by atoms with Crippen molar-refractivity contribution in [2.24, 2.45) is 0 Å². The van der Waals surface area contributed by atoms with E-state index in [2.05, 4.69) is 10.6 Å². The Bertz CT molecular complexity index is 513. The molecule has 122 valence electrons. The summed E-state index contributed by atoms with van der Waals surface area (Å²) in [5, 5.41) is 5.51. The van der Waals surface area contributed by atoms with E-state index in [1.165, 1.54) is 0 Å². The van der Waals surface area contributed by atoms with Crippen LogP contribution in [0.3, 0.4) is 0 Å². The smallest absolute Gasteiger partial charge is 0.319 e. The Hall–Kier alpha value is -2.04. The number of hydrogen-bond acceptors (Lipinski definition) is 3. The van der Waals surface area contributed by atoms with Crippen LogP contribution in [0.25, 0.3) is 0 Å². The molecule has 2 N–H and O–H groups in total. The third-order valence-corrected chi connectivity index (χ3v) is 2.74. The molecular formula is C17H26N2O3. The summed E-state index contributed by atoms with van der Waals surface area (Å²) in [6, 6.07) is 5.60. The maximum absolute atomic E-state index is 11.8. The maximum atomic E-state index is 11.8. The van der Waals surface area contributed by atoms with Crippen molar-refractivity contribution in [2.45, 2.75) is 53.1 Å². The highest BCUT2D eigenvalue weighted by atomic mass is 16.6. The van der Waals surface area contributed by atoms with E-state index in [1.54, 1.807) is 0 Å². The summed E-state index contributed by atoms with van der Waals surface area (Å²) in [6.07, 6.45) is 0.844. The van der Waals surface area contributed by atoms with Gasteiger partial charge in [-0.25, -0.2) is 4.79 Å². The molecule has 2 amide bonds. The molecule has 0 fully saturated rings. The minimum absolute atomic E-state index is 0.246. The number of aryl methyl sites for hydroxylation is 2. The molecule has 0 aromatic heterocycles. The first-order chi connectivity index (χ1) is 10.2. The van der Waals surface area contributed by atoms with Gasteiger partial charge in [-0.2, -0.15) is 0 Å². The zero-order valence-electron chi connectivity index (χ0n) is 14.1. The summed E-state index contributed by atoms with van der Waals surface area (Å²) in [5.74, 6) is -0.246. The largest absolute Gasteiger partial charge is 0.460 e. The highest BCUT2D eigenvalue weighted by Gasteiger charge is 2.15. The molecule has 0 aliphatic carbocycles. The number of carbonyl (C=O) groups is 2. The lowest BCUT2D eigenvalue weighted by Crippen LogP contribution is -2.30. The van der Waals surface area contributed by atoms with Gasteiger partial charge in [0.15, 0.2) is 0 Å². The van der Waals surface area contributed by atoms with Gasteiger partial charge in [0.1, 0.15) is 5.60 Å². The topological polar surface area (TPSA) is 67.4 Å². The Labute approximate surface area is 132 Å². The Morgan fingerprint density at radius 3 is 2.23 bits per heavy atom. The van der Waals surface area contributed by atoms with Gasteiger partial charge in [0.2, 0.25) is 0 Å². The number of anilines is 1. The van der Waals surface area contributed by atoms with E-state index in [-0.39, 0.29) is 12.0 Å². The zero-order valence-corrected chi connectivity index (χ0v) is 14.1. The highest BCUT2D eigenvalue weighted by molar-refractivity contribution is 5.89. The molecule has 0 aliphatic rings. The molecule has 0 saturated heterocycles. The van der Waals surface area contributed by atoms with E-state index in [1.807, 2.05) is 52.8 Å². The van der Waals surface area contributed by atoms with Crippen LogP contribution in [0.5, 0.6) is 0 Å². The summed E-state index contributed by atoms with van der Waals surface area (Å²) in [5.41, 5.74) is 2.49. The lowest BCUT2D eigenvalue weighted by molar-refractivity contribution is -0.154. The Morgan fingerprint density at radius 1 is 1.09 bits per heavy atom. The SMILES string of the molecule is Cc1cc(C)cc(NC(=O)NCCCC(=O)OC(C)(C)C)c1. The van der Waals surface area contributed by atoms with Gasteiger partial charge in [-0.15, -0.1) is 0 Å². The molecule has 0 saturated carbocycles. The van der Waals surface area contributed by atoms with Crippen LogP contribution in [0.2, 0.25) is 0 Å². The Morgan fingerprint density at radius 2 is 1.68 bits per heavy atom. The second-order valence-corrected chi connectivity index (χ2v) is 6.45. The van der Waals surface area contributed by atoms with E-state index in [4.69, 9.17) is 4.74 Å². The number of nitrogens with one attached hydrogen (secondary N) is 2. The molecule has 22 heavy (non-hydrogen) atoms. The van der Waals surface area contributed by atoms with Gasteiger partial charge in [-0.1, -0.05) is 6.07 Å². The number of carbonyl (C=O) groups excluding carboxylic acids is 2. The molecule has 0 aliphatic heterocycles. The zero-order chi connectivity index (χ0) is 16.8. The predicted octanol–water partition coefficient (Wildman–Crippen LogP) is 3.55. The van der Waals surface area contributed by atoms with Crippen molar-refractivity contribution >= 4 is 17.7 Å². The van der Waals surface area contributed by atoms with Gasteiger partial charge >= 0.3 is 12.0 Å². The number of benzene rings is 1. The average molecular weight is 306 g/mol. The molecule has 0 spiro atoms. The van der Waals surface area contributed by atoms with Crippen molar-refractivity contribution in [3.05, 3.63) is 29.3 Å². The second kappa shape index (κ2) is 7.82. The van der Waals surface area contributed by atoms with Crippen molar-refractivity contribution in [2.75, 3.05) is 11.9 Å². The third kappa shape index (κ3) is 7.67. The fourth-order valence-electron chi connectivity index (χ4n) is 2.05. The van der Waals surface area contributed by atoms with E-state index in [9.17, 15) is 9.59 Å². The molecule has 5 heteroatoms. The third-order valence-electron chi connectivity index (χ3n) is 2.74. The van der Waals surface area contributed by atoms with Crippen molar-refractivity contribution in [3.63, 3.8) is 0 Å². The van der Waals surface area contributed by atoms with Gasteiger partial charge in [-0.05, 0) is 64.3 Å². The predicted molar refractivity (Wildman–Crippen MR) is 88.0 cm³/mol. The average Bonchev–Trinajstić information content (AvgIpc) is 2.31. The summed E-state index contributed by atoms with van der Waals surface area (Å²) < 4.78 is 5.20. The minimum atomic E-state index is -0.467. The molecule has 0 atom stereocenters. The number of ether oxygens (including phenoxy) is 1. The van der Waals surface area contributed by atoms with Crippen molar-refractivity contribution in [1.82, 2.24) is 5.32 Å². The van der Waals surface area contributed by atoms with Crippen molar-refractivity contribution in [3.8, 4) is 0 Å². The number of hydrogen-bond donors (Lipinski definition) is 2. The fraction of sp³-hybridized carbons (Fsp3) is 0.529. The van der Waals surface area contributed by atoms with Crippen LogP contribution >= 0.6 is 0 Å². The molecule has 0 radical (unpaired) electrons. The quantitative estimate of drug-likeness (QED) is 0.646. The number of rotatable bonds is 5. The Balaban J connectivity index is 2.28. The van der Waals surface area contributed by atoms with Crippen LogP contribution in [-0.2, 0) is 9.53 Å². The van der Waals surface area contributed by atoms with Gasteiger partial charge in [0.05, 0.1) is 0 Å². The first kappa shape index (κ1) is 18.0. The van der Waals surface area contributed by atoms with E-state index in [0.29, 0.717) is 19.4 Å². The highest BCUT2D eigenvalue weighted by Crippen LogP contribution is 2.13.